The number of rotatable bonds is 6. The number of hydrogen-bond donors (Lipinski definition) is 0. The van der Waals surface area contributed by atoms with Gasteiger partial charge in [0, 0.05) is 42.3 Å². The normalized spacial score (nSPS) is 13.0. The van der Waals surface area contributed by atoms with Crippen LogP contribution < -0.4 is 4.90 Å². The van der Waals surface area contributed by atoms with Crippen LogP contribution in [0.25, 0.3) is 75.1 Å². The van der Waals surface area contributed by atoms with Crippen LogP contribution >= 0.6 is 11.3 Å². The lowest BCUT2D eigenvalue weighted by Crippen LogP contribution is -2.28. The van der Waals surface area contributed by atoms with Crippen molar-refractivity contribution >= 4 is 81.3 Å². The molecule has 0 amide bonds. The van der Waals surface area contributed by atoms with E-state index in [0.717, 1.165) is 44.6 Å². The van der Waals surface area contributed by atoms with Crippen molar-refractivity contribution in [1.29, 1.82) is 0 Å². The number of hydrogen-bond acceptors (Lipinski definition) is 3. The first-order valence-electron chi connectivity index (χ1n) is 21.2. The molecule has 0 fully saturated rings. The SMILES string of the molecule is c1ccc2c(c1)-c1ccccc1C2(c1ccc(-c2ccc(N(c3ccc4c(c3)sc3ccccc34)c3cccc4c3oc3ccccc34)cc2)cc1)c1ccc2ccccc2c1. The van der Waals surface area contributed by atoms with Crippen LogP contribution in [0.3, 0.4) is 0 Å². The molecule has 0 radical (unpaired) electrons. The molecule has 1 aliphatic carbocycles. The van der Waals surface area contributed by atoms with Gasteiger partial charge in [0.25, 0.3) is 0 Å². The summed E-state index contributed by atoms with van der Waals surface area (Å²) < 4.78 is 9.21. The summed E-state index contributed by atoms with van der Waals surface area (Å²) in [4.78, 5) is 2.35. The summed E-state index contributed by atoms with van der Waals surface area (Å²) in [6.45, 7) is 0. The van der Waals surface area contributed by atoms with Crippen molar-refractivity contribution in [2.75, 3.05) is 4.90 Å². The van der Waals surface area contributed by atoms with Crippen molar-refractivity contribution in [1.82, 2.24) is 0 Å². The Labute approximate surface area is 363 Å². The van der Waals surface area contributed by atoms with Gasteiger partial charge < -0.3 is 9.32 Å². The zero-order chi connectivity index (χ0) is 40.8. The third-order valence-electron chi connectivity index (χ3n) is 13.2. The molecular weight excluding hydrogens is 771 g/mol. The number of benzene rings is 10. The van der Waals surface area contributed by atoms with Gasteiger partial charge >= 0.3 is 0 Å². The number of anilines is 3. The zero-order valence-corrected chi connectivity index (χ0v) is 34.4. The monoisotopic (exact) mass is 807 g/mol. The Kier molecular flexibility index (Phi) is 7.72. The number of para-hydroxylation sites is 2. The highest BCUT2D eigenvalue weighted by Crippen LogP contribution is 2.56. The van der Waals surface area contributed by atoms with Crippen LogP contribution in [-0.2, 0) is 5.41 Å². The number of nitrogens with zero attached hydrogens (tertiary/aromatic N) is 1. The summed E-state index contributed by atoms with van der Waals surface area (Å²) in [7, 11) is 0. The molecule has 12 aromatic rings. The van der Waals surface area contributed by atoms with Crippen LogP contribution in [0.1, 0.15) is 22.3 Å². The predicted molar refractivity (Wildman–Crippen MR) is 262 cm³/mol. The first-order valence-corrected chi connectivity index (χ1v) is 22.1. The number of fused-ring (bicyclic) bond motifs is 10. The fraction of sp³-hybridized carbons (Fsp3) is 0.0169. The minimum Gasteiger partial charge on any atom is -0.454 e. The summed E-state index contributed by atoms with van der Waals surface area (Å²) in [5.41, 5.74) is 14.6. The molecule has 13 rings (SSSR count). The Hall–Kier alpha value is -7.72. The summed E-state index contributed by atoms with van der Waals surface area (Å²) in [6, 6.07) is 82.3. The maximum Gasteiger partial charge on any atom is 0.159 e. The van der Waals surface area contributed by atoms with Gasteiger partial charge in [0.1, 0.15) is 5.58 Å². The van der Waals surface area contributed by atoms with Gasteiger partial charge in [-0.25, -0.2) is 0 Å². The average molecular weight is 808 g/mol. The minimum atomic E-state index is -0.465. The number of furan rings is 1. The standard InChI is InChI=1S/C59H37NOS/c1-2-13-41-36-43(31-26-38(41)12-1)59(52-19-7-3-14-46(52)47-15-4-8-20-53(47)59)42-29-24-39(25-30-42)40-27-32-44(33-28-40)60(45-34-35-50-49-17-6-10-23-56(49)62-57(50)37-45)54-21-11-18-51-48-16-5-9-22-55(48)61-58(51)54/h1-37H. The summed E-state index contributed by atoms with van der Waals surface area (Å²) >= 11 is 1.84. The zero-order valence-electron chi connectivity index (χ0n) is 33.6. The van der Waals surface area contributed by atoms with E-state index in [4.69, 9.17) is 4.42 Å². The highest BCUT2D eigenvalue weighted by atomic mass is 32.1. The second-order valence-corrected chi connectivity index (χ2v) is 17.5. The van der Waals surface area contributed by atoms with Crippen molar-refractivity contribution in [3.63, 3.8) is 0 Å². The molecule has 0 aliphatic heterocycles. The van der Waals surface area contributed by atoms with Gasteiger partial charge in [-0.2, -0.15) is 0 Å². The highest BCUT2D eigenvalue weighted by molar-refractivity contribution is 7.25. The van der Waals surface area contributed by atoms with E-state index in [1.807, 2.05) is 17.4 Å². The van der Waals surface area contributed by atoms with Crippen LogP contribution in [0.4, 0.5) is 17.1 Å². The quantitative estimate of drug-likeness (QED) is 0.166. The Morgan fingerprint density at radius 2 is 0.984 bits per heavy atom. The molecule has 62 heavy (non-hydrogen) atoms. The lowest BCUT2D eigenvalue weighted by Gasteiger charge is -2.34. The summed E-state index contributed by atoms with van der Waals surface area (Å²) in [6.07, 6.45) is 0. The molecule has 1 aliphatic rings. The van der Waals surface area contributed by atoms with Crippen molar-refractivity contribution in [2.45, 2.75) is 5.41 Å². The summed E-state index contributed by atoms with van der Waals surface area (Å²) in [5.74, 6) is 0. The van der Waals surface area contributed by atoms with Crippen molar-refractivity contribution in [3.8, 4) is 22.3 Å². The lowest BCUT2D eigenvalue weighted by atomic mass is 9.67. The Morgan fingerprint density at radius 3 is 1.77 bits per heavy atom. The van der Waals surface area contributed by atoms with E-state index >= 15 is 0 Å². The fourth-order valence-corrected chi connectivity index (χ4v) is 11.5. The van der Waals surface area contributed by atoms with Gasteiger partial charge in [0.15, 0.2) is 5.58 Å². The number of thiophene rings is 1. The molecule has 0 spiro atoms. The first-order chi connectivity index (χ1) is 30.7. The largest absolute Gasteiger partial charge is 0.454 e. The van der Waals surface area contributed by atoms with Gasteiger partial charge in [-0.15, -0.1) is 11.3 Å². The molecule has 2 heterocycles. The van der Waals surface area contributed by atoms with E-state index in [-0.39, 0.29) is 0 Å². The van der Waals surface area contributed by atoms with Crippen molar-refractivity contribution < 1.29 is 4.42 Å². The Morgan fingerprint density at radius 1 is 0.387 bits per heavy atom. The van der Waals surface area contributed by atoms with Crippen LogP contribution in [0.15, 0.2) is 229 Å². The van der Waals surface area contributed by atoms with Gasteiger partial charge in [0.2, 0.25) is 0 Å². The average Bonchev–Trinajstić information content (AvgIpc) is 4.01. The molecule has 10 aromatic carbocycles. The van der Waals surface area contributed by atoms with Crippen molar-refractivity contribution in [2.24, 2.45) is 0 Å². The molecule has 0 unspecified atom stereocenters. The van der Waals surface area contributed by atoms with E-state index in [1.54, 1.807) is 0 Å². The molecule has 0 saturated heterocycles. The molecular formula is C59H37NOS. The maximum absolute atomic E-state index is 6.66. The summed E-state index contributed by atoms with van der Waals surface area (Å²) in [5, 5.41) is 7.30. The third-order valence-corrected chi connectivity index (χ3v) is 14.3. The highest BCUT2D eigenvalue weighted by Gasteiger charge is 2.46. The molecule has 2 nitrogen and oxygen atoms in total. The van der Waals surface area contributed by atoms with Gasteiger partial charge in [0.05, 0.1) is 11.1 Å². The topological polar surface area (TPSA) is 16.4 Å². The van der Waals surface area contributed by atoms with Gasteiger partial charge in [-0.1, -0.05) is 176 Å². The molecule has 0 atom stereocenters. The second kappa shape index (κ2) is 13.7. The van der Waals surface area contributed by atoms with Gasteiger partial charge in [-0.05, 0) is 104 Å². The smallest absolute Gasteiger partial charge is 0.159 e. The first kappa shape index (κ1) is 35.1. The molecule has 0 N–H and O–H groups in total. The fourth-order valence-electron chi connectivity index (χ4n) is 10.4. The second-order valence-electron chi connectivity index (χ2n) is 16.4. The Bertz CT molecular complexity index is 3660. The van der Waals surface area contributed by atoms with Gasteiger partial charge in [-0.3, -0.25) is 0 Å². The van der Waals surface area contributed by atoms with E-state index in [9.17, 15) is 0 Å². The minimum absolute atomic E-state index is 0.465. The lowest BCUT2D eigenvalue weighted by molar-refractivity contribution is 0.669. The maximum atomic E-state index is 6.66. The Balaban J connectivity index is 0.936. The predicted octanol–water partition coefficient (Wildman–Crippen LogP) is 16.6. The molecule has 3 heteroatoms. The molecule has 2 aromatic heterocycles. The third kappa shape index (κ3) is 5.16. The van der Waals surface area contributed by atoms with E-state index in [1.165, 1.54) is 69.9 Å². The van der Waals surface area contributed by atoms with E-state index in [2.05, 4.69) is 223 Å². The van der Waals surface area contributed by atoms with Crippen LogP contribution in [0.2, 0.25) is 0 Å². The van der Waals surface area contributed by atoms with Crippen LogP contribution in [0, 0.1) is 0 Å². The molecule has 0 saturated carbocycles. The van der Waals surface area contributed by atoms with Crippen LogP contribution in [0.5, 0.6) is 0 Å². The van der Waals surface area contributed by atoms with Crippen LogP contribution in [-0.4, -0.2) is 0 Å². The molecule has 290 valence electrons. The van der Waals surface area contributed by atoms with E-state index in [0.29, 0.717) is 0 Å². The van der Waals surface area contributed by atoms with E-state index < -0.39 is 5.41 Å². The van der Waals surface area contributed by atoms with Crippen molar-refractivity contribution in [3.05, 3.63) is 247 Å². The molecule has 0 bridgehead atoms.